The number of nitrogens with one attached hydrogen (secondary N) is 1. The number of thioether (sulfide) groups is 1. The van der Waals surface area contributed by atoms with Crippen LogP contribution in [0.2, 0.25) is 0 Å². The number of H-pyrrole nitrogens is 1. The Hall–Kier alpha value is -2.90. The van der Waals surface area contributed by atoms with Crippen molar-refractivity contribution in [2.45, 2.75) is 6.42 Å². The highest BCUT2D eigenvalue weighted by Gasteiger charge is 2.34. The molecule has 2 heterocycles. The first-order valence-corrected chi connectivity index (χ1v) is 11.5. The van der Waals surface area contributed by atoms with E-state index in [1.807, 2.05) is 54.2 Å². The third-order valence-electron chi connectivity index (χ3n) is 5.90. The van der Waals surface area contributed by atoms with Crippen molar-refractivity contribution in [1.82, 2.24) is 15.1 Å². The molecule has 1 aromatic heterocycles. The Morgan fingerprint density at radius 2 is 1.90 bits per heavy atom. The fourth-order valence-corrected chi connectivity index (χ4v) is 5.32. The van der Waals surface area contributed by atoms with Gasteiger partial charge in [-0.3, -0.25) is 19.6 Å². The lowest BCUT2D eigenvalue weighted by Crippen LogP contribution is -2.37. The number of benzene rings is 2. The van der Waals surface area contributed by atoms with Crippen LogP contribution in [0.3, 0.4) is 0 Å². The summed E-state index contributed by atoms with van der Waals surface area (Å²) in [6.45, 7) is 2.34. The third kappa shape index (κ3) is 3.68. The molecule has 158 valence electrons. The van der Waals surface area contributed by atoms with E-state index in [1.165, 1.54) is 0 Å². The van der Waals surface area contributed by atoms with Gasteiger partial charge in [0.2, 0.25) is 0 Å². The zero-order valence-corrected chi connectivity index (χ0v) is 18.1. The molecule has 0 radical (unpaired) electrons. The van der Waals surface area contributed by atoms with Gasteiger partial charge in [-0.1, -0.05) is 18.2 Å². The van der Waals surface area contributed by atoms with Gasteiger partial charge >= 0.3 is 0 Å². The minimum absolute atomic E-state index is 0.0673. The second-order valence-electron chi connectivity index (χ2n) is 7.82. The molecule has 0 spiro atoms. The number of Topliss-reactive ketones (excluding diaryl/α,β-unsaturated/α-hetero) is 1. The van der Waals surface area contributed by atoms with Crippen LogP contribution in [-0.2, 0) is 11.2 Å². The first kappa shape index (κ1) is 20.0. The fraction of sp³-hybridized carbons (Fsp3) is 0.292. The van der Waals surface area contributed by atoms with Gasteiger partial charge in [-0.15, -0.1) is 0 Å². The van der Waals surface area contributed by atoms with Crippen LogP contribution in [0.5, 0.6) is 5.75 Å². The first-order chi connectivity index (χ1) is 15.2. The molecule has 1 aliphatic heterocycles. The van der Waals surface area contributed by atoms with Crippen LogP contribution in [0.4, 0.5) is 0 Å². The number of fused-ring (bicyclic) bond motifs is 3. The highest BCUT2D eigenvalue weighted by molar-refractivity contribution is 7.99. The van der Waals surface area contributed by atoms with Gasteiger partial charge in [-0.2, -0.15) is 16.9 Å². The smallest absolute Gasteiger partial charge is 0.198 e. The van der Waals surface area contributed by atoms with Crippen LogP contribution in [0, 0.1) is 0 Å². The Kier molecular flexibility index (Phi) is 5.38. The molecule has 0 unspecified atom stereocenters. The van der Waals surface area contributed by atoms with E-state index < -0.39 is 0 Å². The molecule has 1 saturated heterocycles. The van der Waals surface area contributed by atoms with Crippen LogP contribution >= 0.6 is 11.8 Å². The predicted molar refractivity (Wildman–Crippen MR) is 122 cm³/mol. The normalized spacial score (nSPS) is 15.6. The first-order valence-electron chi connectivity index (χ1n) is 10.4. The number of nitrogens with zero attached hydrogens (tertiary/aromatic N) is 2. The van der Waals surface area contributed by atoms with Gasteiger partial charge in [-0.05, 0) is 29.8 Å². The van der Waals surface area contributed by atoms with Crippen LogP contribution in [-0.4, -0.2) is 64.9 Å². The molecule has 1 aliphatic carbocycles. The molecule has 1 N–H and O–H groups in total. The maximum Gasteiger partial charge on any atom is 0.198 e. The van der Waals surface area contributed by atoms with E-state index in [2.05, 4.69) is 15.1 Å². The number of ketones is 2. The van der Waals surface area contributed by atoms with Crippen molar-refractivity contribution in [2.24, 2.45) is 0 Å². The molecule has 2 aromatic carbocycles. The zero-order chi connectivity index (χ0) is 21.4. The van der Waals surface area contributed by atoms with Crippen molar-refractivity contribution in [3.63, 3.8) is 0 Å². The Bertz CT molecular complexity index is 1150. The number of aromatic amines is 1. The van der Waals surface area contributed by atoms with Gasteiger partial charge in [0, 0.05) is 47.7 Å². The van der Waals surface area contributed by atoms with Gasteiger partial charge in [0.05, 0.1) is 24.9 Å². The van der Waals surface area contributed by atoms with E-state index in [4.69, 9.17) is 4.74 Å². The summed E-state index contributed by atoms with van der Waals surface area (Å²) in [4.78, 5) is 28.4. The summed E-state index contributed by atoms with van der Waals surface area (Å²) in [5.41, 5.74) is 5.03. The number of methoxy groups -OCH3 is 1. The molecule has 5 rings (SSSR count). The standard InChI is InChI=1S/C24H23N3O3S/c1-30-18-7-5-15(6-8-18)22-21-23(26-25-22)19-4-2-3-16(20(19)24(21)29)13-17(28)14-27-9-11-31-12-10-27/h2-8H,9-14H2,1H3,(H,25,26). The summed E-state index contributed by atoms with van der Waals surface area (Å²) in [6, 6.07) is 13.2. The van der Waals surface area contributed by atoms with E-state index in [9.17, 15) is 9.59 Å². The predicted octanol–water partition coefficient (Wildman–Crippen LogP) is 3.46. The maximum absolute atomic E-state index is 13.4. The average molecular weight is 434 g/mol. The quantitative estimate of drug-likeness (QED) is 0.502. The van der Waals surface area contributed by atoms with Crippen molar-refractivity contribution in [1.29, 1.82) is 0 Å². The molecule has 7 heteroatoms. The van der Waals surface area contributed by atoms with E-state index >= 15 is 0 Å². The molecule has 2 aliphatic rings. The summed E-state index contributed by atoms with van der Waals surface area (Å²) in [6.07, 6.45) is 0.272. The monoisotopic (exact) mass is 433 g/mol. The molecule has 0 bridgehead atoms. The number of rotatable bonds is 6. The molecule has 3 aromatic rings. The third-order valence-corrected chi connectivity index (χ3v) is 6.84. The van der Waals surface area contributed by atoms with Gasteiger partial charge in [-0.25, -0.2) is 0 Å². The van der Waals surface area contributed by atoms with E-state index in [-0.39, 0.29) is 18.0 Å². The van der Waals surface area contributed by atoms with E-state index in [0.717, 1.165) is 52.7 Å². The van der Waals surface area contributed by atoms with Crippen molar-refractivity contribution in [3.05, 3.63) is 59.2 Å². The van der Waals surface area contributed by atoms with E-state index in [1.54, 1.807) is 7.11 Å². The van der Waals surface area contributed by atoms with Gasteiger partial charge in [0.15, 0.2) is 11.6 Å². The lowest BCUT2D eigenvalue weighted by Gasteiger charge is -2.25. The number of carbonyl (C=O) groups excluding carboxylic acids is 2. The van der Waals surface area contributed by atoms with Crippen molar-refractivity contribution < 1.29 is 14.3 Å². The number of hydrogen-bond acceptors (Lipinski definition) is 6. The van der Waals surface area contributed by atoms with Gasteiger partial charge in [0.1, 0.15) is 11.4 Å². The van der Waals surface area contributed by atoms with Crippen molar-refractivity contribution >= 4 is 23.3 Å². The molecule has 1 fully saturated rings. The molecule has 31 heavy (non-hydrogen) atoms. The Morgan fingerprint density at radius 3 is 2.65 bits per heavy atom. The Morgan fingerprint density at radius 1 is 1.13 bits per heavy atom. The minimum atomic E-state index is -0.0673. The summed E-state index contributed by atoms with van der Waals surface area (Å²) < 4.78 is 5.23. The lowest BCUT2D eigenvalue weighted by molar-refractivity contribution is -0.119. The molecular weight excluding hydrogens is 410 g/mol. The lowest BCUT2D eigenvalue weighted by atomic mass is 9.97. The summed E-state index contributed by atoms with van der Waals surface area (Å²) in [7, 11) is 1.62. The number of carbonyl (C=O) groups is 2. The van der Waals surface area contributed by atoms with Gasteiger partial charge < -0.3 is 4.74 Å². The second kappa shape index (κ2) is 8.32. The largest absolute Gasteiger partial charge is 0.497 e. The highest BCUT2D eigenvalue weighted by Crippen LogP contribution is 2.41. The number of hydrogen-bond donors (Lipinski definition) is 1. The van der Waals surface area contributed by atoms with E-state index in [0.29, 0.717) is 23.4 Å². The molecular formula is C24H23N3O3S. The molecule has 0 saturated carbocycles. The van der Waals surface area contributed by atoms with Gasteiger partial charge in [0.25, 0.3) is 0 Å². The van der Waals surface area contributed by atoms with Crippen LogP contribution in [0.1, 0.15) is 21.5 Å². The van der Waals surface area contributed by atoms with Crippen LogP contribution in [0.25, 0.3) is 22.5 Å². The summed E-state index contributed by atoms with van der Waals surface area (Å²) in [5.74, 6) is 2.98. The molecule has 0 atom stereocenters. The van der Waals surface area contributed by atoms with Crippen LogP contribution in [0.15, 0.2) is 42.5 Å². The topological polar surface area (TPSA) is 75.3 Å². The Balaban J connectivity index is 1.43. The highest BCUT2D eigenvalue weighted by atomic mass is 32.2. The zero-order valence-electron chi connectivity index (χ0n) is 17.3. The molecule has 0 amide bonds. The van der Waals surface area contributed by atoms with Crippen molar-refractivity contribution in [2.75, 3.05) is 38.2 Å². The Labute approximate surface area is 185 Å². The molecule has 6 nitrogen and oxygen atoms in total. The SMILES string of the molecule is COc1ccc(-c2n[nH]c3c2C(=O)c2c(CC(=O)CN4CCSCC4)cccc2-3)cc1. The summed E-state index contributed by atoms with van der Waals surface area (Å²) in [5, 5.41) is 7.47. The summed E-state index contributed by atoms with van der Waals surface area (Å²) >= 11 is 1.93. The van der Waals surface area contributed by atoms with Crippen molar-refractivity contribution in [3.8, 4) is 28.3 Å². The maximum atomic E-state index is 13.4. The fourth-order valence-electron chi connectivity index (χ4n) is 4.34. The number of aromatic nitrogens is 2. The average Bonchev–Trinajstić information content (AvgIpc) is 3.35. The second-order valence-corrected chi connectivity index (χ2v) is 9.05. The number of ether oxygens (including phenoxy) is 1. The minimum Gasteiger partial charge on any atom is -0.497 e. The van der Waals surface area contributed by atoms with Crippen LogP contribution < -0.4 is 4.74 Å².